The highest BCUT2D eigenvalue weighted by Gasteiger charge is 2.26. The maximum Gasteiger partial charge on any atom is 0.316 e. The van der Waals surface area contributed by atoms with Crippen LogP contribution in [-0.4, -0.2) is 32.4 Å². The lowest BCUT2D eigenvalue weighted by Gasteiger charge is -2.15. The third-order valence-electron chi connectivity index (χ3n) is 4.14. The number of amides is 1. The normalized spacial score (nSPS) is 10.8. The smallest absolute Gasteiger partial charge is 0.316 e. The van der Waals surface area contributed by atoms with E-state index >= 15 is 0 Å². The van der Waals surface area contributed by atoms with Crippen LogP contribution in [0.15, 0.2) is 47.4 Å². The molecule has 1 aliphatic heterocycles. The second-order valence-corrected chi connectivity index (χ2v) is 5.97. The molecule has 28 heavy (non-hydrogen) atoms. The fourth-order valence-electron chi connectivity index (χ4n) is 2.76. The van der Waals surface area contributed by atoms with E-state index < -0.39 is 33.4 Å². The summed E-state index contributed by atoms with van der Waals surface area (Å²) >= 11 is 0. The van der Waals surface area contributed by atoms with Gasteiger partial charge in [0.1, 0.15) is 11.4 Å². The average molecular weight is 387 g/mol. The molecule has 10 heteroatoms. The van der Waals surface area contributed by atoms with Crippen molar-refractivity contribution in [2.45, 2.75) is 6.42 Å². The molecule has 3 N–H and O–H groups in total. The summed E-state index contributed by atoms with van der Waals surface area (Å²) < 4.78 is 13.2. The number of halogens is 1. The number of aromatic nitrogens is 1. The topological polar surface area (TPSA) is 135 Å². The quantitative estimate of drug-likeness (QED) is 0.348. The summed E-state index contributed by atoms with van der Waals surface area (Å²) in [6, 6.07) is 7.46. The summed E-state index contributed by atoms with van der Waals surface area (Å²) in [6.07, 6.45) is 1.32. The highest BCUT2D eigenvalue weighted by Crippen LogP contribution is 2.32. The number of hydrogen-bond acceptors (Lipinski definition) is 6. The number of rotatable bonds is 5. The number of benzene rings is 2. The molecule has 1 heterocycles. The first-order valence-electron chi connectivity index (χ1n) is 8.06. The minimum absolute atomic E-state index is 0.0234. The van der Waals surface area contributed by atoms with Gasteiger partial charge in [0.05, 0.1) is 11.1 Å². The van der Waals surface area contributed by atoms with Crippen LogP contribution in [0.3, 0.4) is 0 Å². The van der Waals surface area contributed by atoms with Gasteiger partial charge in [0.2, 0.25) is 5.88 Å². The average Bonchev–Trinajstić information content (AvgIpc) is 2.64. The molecule has 0 saturated carbocycles. The molecule has 9 nitrogen and oxygen atoms in total. The Hall–Kier alpha value is -3.95. The van der Waals surface area contributed by atoms with Gasteiger partial charge in [0.15, 0.2) is 0 Å². The Balaban J connectivity index is 1.90. The van der Waals surface area contributed by atoms with E-state index in [9.17, 15) is 34.4 Å². The number of nitrogens with one attached hydrogen (secondary N) is 1. The summed E-state index contributed by atoms with van der Waals surface area (Å²) in [4.78, 5) is 34.5. The number of pyridine rings is 1. The van der Waals surface area contributed by atoms with Gasteiger partial charge in [-0.2, -0.15) is 4.73 Å². The molecule has 0 spiro atoms. The lowest BCUT2D eigenvalue weighted by atomic mass is 9.98. The molecule has 1 aliphatic carbocycles. The summed E-state index contributed by atoms with van der Waals surface area (Å²) in [7, 11) is 0. The number of non-ortho nitro benzene ring substituents is 1. The van der Waals surface area contributed by atoms with Crippen molar-refractivity contribution >= 4 is 11.6 Å². The van der Waals surface area contributed by atoms with E-state index in [1.807, 2.05) is 0 Å². The summed E-state index contributed by atoms with van der Waals surface area (Å²) in [5.41, 5.74) is -1.31. The Labute approximate surface area is 156 Å². The van der Waals surface area contributed by atoms with Crippen molar-refractivity contribution < 1.29 is 24.4 Å². The van der Waals surface area contributed by atoms with Gasteiger partial charge in [-0.1, -0.05) is 12.1 Å². The van der Waals surface area contributed by atoms with Crippen LogP contribution in [0.5, 0.6) is 5.88 Å². The van der Waals surface area contributed by atoms with Crippen molar-refractivity contribution in [1.29, 1.82) is 0 Å². The molecule has 0 unspecified atom stereocenters. The molecule has 2 aliphatic rings. The van der Waals surface area contributed by atoms with Gasteiger partial charge in [0, 0.05) is 29.8 Å². The molecule has 0 saturated heterocycles. The largest absolute Gasteiger partial charge is 0.492 e. The molecule has 1 aromatic rings. The van der Waals surface area contributed by atoms with E-state index in [4.69, 9.17) is 0 Å². The Morgan fingerprint density at radius 3 is 2.57 bits per heavy atom. The van der Waals surface area contributed by atoms with E-state index in [2.05, 4.69) is 5.32 Å². The predicted molar refractivity (Wildman–Crippen MR) is 95.3 cm³/mol. The van der Waals surface area contributed by atoms with E-state index in [0.29, 0.717) is 6.42 Å². The van der Waals surface area contributed by atoms with Crippen molar-refractivity contribution in [3.8, 4) is 17.0 Å². The van der Waals surface area contributed by atoms with Gasteiger partial charge >= 0.3 is 5.69 Å². The zero-order valence-corrected chi connectivity index (χ0v) is 14.3. The SMILES string of the molecule is O=C(NCCc1ccc(F)cc1)c1c2cc(=O)c([N+](=O)[O-])cc-2cn(O)c1O. The zero-order chi connectivity index (χ0) is 20.4. The van der Waals surface area contributed by atoms with Gasteiger partial charge in [0.25, 0.3) is 11.3 Å². The van der Waals surface area contributed by atoms with Crippen LogP contribution in [0, 0.1) is 15.9 Å². The Bertz CT molecular complexity index is 1090. The number of fused-ring (bicyclic) bond motifs is 1. The van der Waals surface area contributed by atoms with Crippen molar-refractivity contribution in [1.82, 2.24) is 10.0 Å². The number of aromatic hydroxyl groups is 1. The maximum absolute atomic E-state index is 12.9. The van der Waals surface area contributed by atoms with Crippen LogP contribution in [0.1, 0.15) is 15.9 Å². The molecular formula is C18H14FN3O6. The van der Waals surface area contributed by atoms with E-state index in [1.165, 1.54) is 12.1 Å². The Kier molecular flexibility index (Phi) is 4.94. The second kappa shape index (κ2) is 7.35. The predicted octanol–water partition coefficient (Wildman–Crippen LogP) is 1.92. The Morgan fingerprint density at radius 2 is 1.93 bits per heavy atom. The van der Waals surface area contributed by atoms with Crippen LogP contribution in [0.2, 0.25) is 0 Å². The summed E-state index contributed by atoms with van der Waals surface area (Å²) in [5, 5.41) is 33.3. The van der Waals surface area contributed by atoms with Gasteiger partial charge in [-0.05, 0) is 24.1 Å². The van der Waals surface area contributed by atoms with Gasteiger partial charge in [-0.15, -0.1) is 0 Å². The number of nitro groups is 1. The summed E-state index contributed by atoms with van der Waals surface area (Å²) in [6.45, 7) is 0.128. The second-order valence-electron chi connectivity index (χ2n) is 5.97. The molecule has 1 aromatic carbocycles. The summed E-state index contributed by atoms with van der Waals surface area (Å²) in [5.74, 6) is -2.00. The standard InChI is InChI=1S/C18H14FN3O6/c19-12-3-1-10(2-4-12)5-6-20-17(24)16-13-8-15(23)14(22(27)28)7-11(13)9-21(26)18(16)25/h1-4,7-9,25-26H,5-6H2,(H,20,24). The maximum atomic E-state index is 12.9. The van der Waals surface area contributed by atoms with E-state index in [1.54, 1.807) is 12.1 Å². The van der Waals surface area contributed by atoms with Crippen molar-refractivity contribution in [3.05, 3.63) is 79.9 Å². The van der Waals surface area contributed by atoms with Crippen LogP contribution < -0.4 is 10.7 Å². The molecule has 0 atom stereocenters. The minimum atomic E-state index is -0.937. The van der Waals surface area contributed by atoms with Crippen molar-refractivity contribution in [2.24, 2.45) is 0 Å². The van der Waals surface area contributed by atoms with Crippen LogP contribution in [0.4, 0.5) is 10.1 Å². The molecule has 0 aromatic heterocycles. The van der Waals surface area contributed by atoms with Gasteiger partial charge < -0.3 is 15.6 Å². The number of carbonyl (C=O) groups is 1. The third-order valence-corrected chi connectivity index (χ3v) is 4.14. The molecule has 3 rings (SSSR count). The van der Waals surface area contributed by atoms with Crippen LogP contribution in [0.25, 0.3) is 11.1 Å². The van der Waals surface area contributed by atoms with Crippen molar-refractivity contribution in [2.75, 3.05) is 6.54 Å². The fourth-order valence-corrected chi connectivity index (χ4v) is 2.76. The fraction of sp³-hybridized carbons (Fsp3) is 0.111. The molecule has 0 radical (unpaired) electrons. The molecule has 0 fully saturated rings. The number of hydrogen-bond donors (Lipinski definition) is 3. The van der Waals surface area contributed by atoms with E-state index in [0.717, 1.165) is 23.9 Å². The molecule has 0 bridgehead atoms. The molecular weight excluding hydrogens is 373 g/mol. The third kappa shape index (κ3) is 3.61. The monoisotopic (exact) mass is 387 g/mol. The zero-order valence-electron chi connectivity index (χ0n) is 14.3. The highest BCUT2D eigenvalue weighted by atomic mass is 19.1. The first kappa shape index (κ1) is 18.8. The number of nitro benzene ring substituents is 1. The highest BCUT2D eigenvalue weighted by molar-refractivity contribution is 6.03. The first-order chi connectivity index (χ1) is 13.3. The molecule has 1 amide bonds. The van der Waals surface area contributed by atoms with E-state index in [-0.39, 0.29) is 28.2 Å². The number of nitrogens with zero attached hydrogens (tertiary/aromatic N) is 2. The minimum Gasteiger partial charge on any atom is -0.492 e. The van der Waals surface area contributed by atoms with Crippen molar-refractivity contribution in [3.63, 3.8) is 0 Å². The first-order valence-corrected chi connectivity index (χ1v) is 8.06. The molecule has 144 valence electrons. The van der Waals surface area contributed by atoms with Crippen LogP contribution in [-0.2, 0) is 6.42 Å². The van der Waals surface area contributed by atoms with Gasteiger partial charge in [-0.3, -0.25) is 19.7 Å². The number of carbonyl (C=O) groups excluding carboxylic acids is 1. The van der Waals surface area contributed by atoms with Crippen LogP contribution >= 0.6 is 0 Å². The lowest BCUT2D eigenvalue weighted by molar-refractivity contribution is -0.385. The Morgan fingerprint density at radius 1 is 1.25 bits per heavy atom. The van der Waals surface area contributed by atoms with Gasteiger partial charge in [-0.25, -0.2) is 4.39 Å². The lowest BCUT2D eigenvalue weighted by Crippen LogP contribution is -2.27.